The minimum absolute atomic E-state index is 0.00651. The molecule has 2 unspecified atom stereocenters. The average Bonchev–Trinajstić information content (AvgIpc) is 2.95. The van der Waals surface area contributed by atoms with Gasteiger partial charge in [-0.15, -0.1) is 0 Å². The zero-order valence-electron chi connectivity index (χ0n) is 15.6. The fourth-order valence-electron chi connectivity index (χ4n) is 3.93. The number of thioether (sulfide) groups is 1. The summed E-state index contributed by atoms with van der Waals surface area (Å²) >= 11 is 7.86. The van der Waals surface area contributed by atoms with E-state index < -0.39 is 0 Å². The van der Waals surface area contributed by atoms with Crippen molar-refractivity contribution in [1.29, 1.82) is 0 Å². The van der Waals surface area contributed by atoms with Crippen molar-refractivity contribution in [1.82, 2.24) is 4.90 Å². The molecule has 0 bridgehead atoms. The van der Waals surface area contributed by atoms with E-state index in [2.05, 4.69) is 24.3 Å². The van der Waals surface area contributed by atoms with Crippen LogP contribution in [0.2, 0.25) is 5.02 Å². The van der Waals surface area contributed by atoms with Crippen LogP contribution in [0.3, 0.4) is 0 Å². The summed E-state index contributed by atoms with van der Waals surface area (Å²) in [5.41, 5.74) is 2.13. The Morgan fingerprint density at radius 1 is 1.04 bits per heavy atom. The largest absolute Gasteiger partial charge is 0.342 e. The predicted molar refractivity (Wildman–Crippen MR) is 115 cm³/mol. The van der Waals surface area contributed by atoms with Crippen LogP contribution in [0.4, 0.5) is 5.69 Å². The lowest BCUT2D eigenvalue weighted by Gasteiger charge is -2.24. The molecule has 0 aliphatic carbocycles. The number of carbonyl (C=O) groups is 2. The molecule has 4 nitrogen and oxygen atoms in total. The molecule has 2 aliphatic heterocycles. The van der Waals surface area contributed by atoms with Crippen LogP contribution in [-0.2, 0) is 9.59 Å². The molecule has 28 heavy (non-hydrogen) atoms. The maximum atomic E-state index is 13.1. The van der Waals surface area contributed by atoms with Gasteiger partial charge in [0.2, 0.25) is 11.8 Å². The molecular formula is C22H23ClN2O2S. The molecular weight excluding hydrogens is 392 g/mol. The van der Waals surface area contributed by atoms with Crippen LogP contribution < -0.4 is 4.90 Å². The summed E-state index contributed by atoms with van der Waals surface area (Å²) in [6, 6.07) is 17.7. The van der Waals surface area contributed by atoms with E-state index in [9.17, 15) is 9.59 Å². The predicted octanol–water partition coefficient (Wildman–Crippen LogP) is 4.40. The van der Waals surface area contributed by atoms with E-state index in [-0.39, 0.29) is 24.2 Å². The Labute approximate surface area is 174 Å². The number of anilines is 1. The highest BCUT2D eigenvalue weighted by Crippen LogP contribution is 2.35. The summed E-state index contributed by atoms with van der Waals surface area (Å²) in [6.45, 7) is 1.94. The second-order valence-electron chi connectivity index (χ2n) is 7.27. The van der Waals surface area contributed by atoms with E-state index >= 15 is 0 Å². The first-order chi connectivity index (χ1) is 13.6. The summed E-state index contributed by atoms with van der Waals surface area (Å²) in [5.74, 6) is 0.778. The van der Waals surface area contributed by atoms with Gasteiger partial charge in [0.25, 0.3) is 0 Å². The maximum Gasteiger partial charge on any atom is 0.228 e. The van der Waals surface area contributed by atoms with Gasteiger partial charge in [0.1, 0.15) is 0 Å². The van der Waals surface area contributed by atoms with Crippen LogP contribution in [0.5, 0.6) is 0 Å². The highest BCUT2D eigenvalue weighted by atomic mass is 35.5. The third-order valence-electron chi connectivity index (χ3n) is 5.44. The first-order valence-corrected chi connectivity index (χ1v) is 11.1. The average molecular weight is 415 g/mol. The van der Waals surface area contributed by atoms with Crippen molar-refractivity contribution in [2.24, 2.45) is 5.92 Å². The molecule has 0 N–H and O–H groups in total. The number of benzene rings is 2. The van der Waals surface area contributed by atoms with Gasteiger partial charge in [-0.2, -0.15) is 11.8 Å². The Kier molecular flexibility index (Phi) is 5.93. The molecule has 0 radical (unpaired) electrons. The smallest absolute Gasteiger partial charge is 0.228 e. The summed E-state index contributed by atoms with van der Waals surface area (Å²) in [4.78, 5) is 29.2. The van der Waals surface area contributed by atoms with Crippen LogP contribution >= 0.6 is 23.4 Å². The minimum Gasteiger partial charge on any atom is -0.342 e. The van der Waals surface area contributed by atoms with E-state index in [4.69, 9.17) is 11.6 Å². The molecule has 0 saturated carbocycles. The van der Waals surface area contributed by atoms with E-state index in [1.165, 1.54) is 5.56 Å². The monoisotopic (exact) mass is 414 g/mol. The lowest BCUT2D eigenvalue weighted by atomic mass is 10.1. The van der Waals surface area contributed by atoms with Gasteiger partial charge < -0.3 is 9.80 Å². The fourth-order valence-corrected chi connectivity index (χ4v) is 5.28. The molecule has 2 fully saturated rings. The van der Waals surface area contributed by atoms with Crippen LogP contribution in [-0.4, -0.2) is 42.1 Å². The van der Waals surface area contributed by atoms with Gasteiger partial charge in [-0.1, -0.05) is 41.9 Å². The Morgan fingerprint density at radius 3 is 2.54 bits per heavy atom. The van der Waals surface area contributed by atoms with Crippen LogP contribution in [0.15, 0.2) is 54.6 Å². The summed E-state index contributed by atoms with van der Waals surface area (Å²) in [7, 11) is 0. The lowest BCUT2D eigenvalue weighted by Crippen LogP contribution is -2.38. The van der Waals surface area contributed by atoms with Gasteiger partial charge in [-0.05, 0) is 36.2 Å². The molecule has 2 aromatic rings. The Balaban J connectivity index is 1.39. The molecule has 4 rings (SSSR count). The standard InChI is InChI=1S/C22H23ClN2O2S/c23-18-6-8-19(9-7-18)25-15-17(14-21(25)26)22(27)24-11-10-20(28-13-12-24)16-4-2-1-3-5-16/h1-9,17,20H,10-15H2. The van der Waals surface area contributed by atoms with Crippen molar-refractivity contribution in [3.63, 3.8) is 0 Å². The molecule has 146 valence electrons. The lowest BCUT2D eigenvalue weighted by molar-refractivity contribution is -0.135. The number of hydrogen-bond acceptors (Lipinski definition) is 3. The number of hydrogen-bond donors (Lipinski definition) is 0. The highest BCUT2D eigenvalue weighted by Gasteiger charge is 2.37. The Bertz CT molecular complexity index is 843. The molecule has 2 atom stereocenters. The summed E-state index contributed by atoms with van der Waals surface area (Å²) in [6.07, 6.45) is 1.23. The minimum atomic E-state index is -0.263. The number of carbonyl (C=O) groups excluding carboxylic acids is 2. The number of halogens is 1. The van der Waals surface area contributed by atoms with Gasteiger partial charge in [0, 0.05) is 47.8 Å². The topological polar surface area (TPSA) is 40.6 Å². The maximum absolute atomic E-state index is 13.1. The van der Waals surface area contributed by atoms with Gasteiger partial charge in [0.05, 0.1) is 5.92 Å². The second kappa shape index (κ2) is 8.58. The summed E-state index contributed by atoms with van der Waals surface area (Å²) < 4.78 is 0. The quantitative estimate of drug-likeness (QED) is 0.747. The Hall–Kier alpha value is -1.98. The van der Waals surface area contributed by atoms with Crippen LogP contribution in [0.25, 0.3) is 0 Å². The zero-order chi connectivity index (χ0) is 19.5. The van der Waals surface area contributed by atoms with E-state index in [1.807, 2.05) is 34.9 Å². The highest BCUT2D eigenvalue weighted by molar-refractivity contribution is 7.99. The molecule has 0 aromatic heterocycles. The third kappa shape index (κ3) is 4.20. The van der Waals surface area contributed by atoms with Crippen molar-refractivity contribution in [2.75, 3.05) is 30.3 Å². The third-order valence-corrected chi connectivity index (χ3v) is 7.02. The number of nitrogens with zero attached hydrogens (tertiary/aromatic N) is 2. The number of rotatable bonds is 3. The molecule has 0 spiro atoms. The first kappa shape index (κ1) is 19.3. The van der Waals surface area contributed by atoms with Crippen LogP contribution in [0.1, 0.15) is 23.7 Å². The van der Waals surface area contributed by atoms with Crippen molar-refractivity contribution in [3.8, 4) is 0 Å². The fraction of sp³-hybridized carbons (Fsp3) is 0.364. The number of amides is 2. The van der Waals surface area contributed by atoms with Crippen molar-refractivity contribution >= 4 is 40.9 Å². The van der Waals surface area contributed by atoms with Crippen molar-refractivity contribution < 1.29 is 9.59 Å². The van der Waals surface area contributed by atoms with Crippen molar-refractivity contribution in [2.45, 2.75) is 18.1 Å². The SMILES string of the molecule is O=C(C1CC(=O)N(c2ccc(Cl)cc2)C1)N1CCSC(c2ccccc2)CC1. The van der Waals surface area contributed by atoms with E-state index in [0.29, 0.717) is 16.8 Å². The summed E-state index contributed by atoms with van der Waals surface area (Å²) in [5, 5.41) is 1.06. The normalized spacial score (nSPS) is 23.0. The van der Waals surface area contributed by atoms with E-state index in [0.717, 1.165) is 31.0 Å². The molecule has 2 aromatic carbocycles. The molecule has 6 heteroatoms. The molecule has 2 aliphatic rings. The van der Waals surface area contributed by atoms with Gasteiger partial charge in [-0.3, -0.25) is 9.59 Å². The van der Waals surface area contributed by atoms with E-state index in [1.54, 1.807) is 17.0 Å². The van der Waals surface area contributed by atoms with Gasteiger partial charge in [0.15, 0.2) is 0 Å². The van der Waals surface area contributed by atoms with Gasteiger partial charge in [-0.25, -0.2) is 0 Å². The van der Waals surface area contributed by atoms with Gasteiger partial charge >= 0.3 is 0 Å². The first-order valence-electron chi connectivity index (χ1n) is 9.63. The molecule has 2 amide bonds. The second-order valence-corrected chi connectivity index (χ2v) is 9.01. The Morgan fingerprint density at radius 2 is 1.79 bits per heavy atom. The zero-order valence-corrected chi connectivity index (χ0v) is 17.2. The van der Waals surface area contributed by atoms with Crippen molar-refractivity contribution in [3.05, 3.63) is 65.2 Å². The molecule has 2 heterocycles. The molecule has 2 saturated heterocycles. The van der Waals surface area contributed by atoms with Crippen LogP contribution in [0, 0.1) is 5.92 Å².